The molecule has 0 radical (unpaired) electrons. The van der Waals surface area contributed by atoms with Gasteiger partial charge in [0.25, 0.3) is 5.91 Å². The van der Waals surface area contributed by atoms with Gasteiger partial charge < -0.3 is 15.0 Å². The van der Waals surface area contributed by atoms with Crippen LogP contribution in [0.15, 0.2) is 54.1 Å². The first kappa shape index (κ1) is 25.2. The number of carbonyl (C=O) groups excluding carboxylic acids is 2. The minimum atomic E-state index is -0.399. The third-order valence-corrected chi connectivity index (χ3v) is 7.83. The molecule has 5 rings (SSSR count). The molecule has 0 bridgehead atoms. The SMILES string of the molecule is O=C(Nc1ccc(OC(=O)N2CCC(Sc3nc[nH]n3)CC2)cn1)c1ccc(CN2CCCCC2)cc1. The molecule has 2 aliphatic heterocycles. The van der Waals surface area contributed by atoms with Crippen LogP contribution in [0.4, 0.5) is 10.6 Å². The van der Waals surface area contributed by atoms with Gasteiger partial charge in [0.2, 0.25) is 5.16 Å². The summed E-state index contributed by atoms with van der Waals surface area (Å²) in [4.78, 5) is 37.7. The van der Waals surface area contributed by atoms with Gasteiger partial charge in [-0.3, -0.25) is 14.8 Å². The lowest BCUT2D eigenvalue weighted by atomic mass is 10.1. The second-order valence-electron chi connectivity index (χ2n) is 9.32. The quantitative estimate of drug-likeness (QED) is 0.475. The van der Waals surface area contributed by atoms with Crippen LogP contribution in [0.1, 0.15) is 48.0 Å². The molecule has 0 unspecified atom stereocenters. The van der Waals surface area contributed by atoms with E-state index < -0.39 is 6.09 Å². The van der Waals surface area contributed by atoms with Crippen molar-refractivity contribution in [2.75, 3.05) is 31.5 Å². The van der Waals surface area contributed by atoms with Crippen LogP contribution in [0, 0.1) is 0 Å². The molecule has 4 heterocycles. The summed E-state index contributed by atoms with van der Waals surface area (Å²) in [7, 11) is 0. The smallest absolute Gasteiger partial charge is 0.409 e. The van der Waals surface area contributed by atoms with E-state index in [2.05, 4.69) is 30.4 Å². The molecule has 0 aliphatic carbocycles. The number of amides is 2. The zero-order valence-corrected chi connectivity index (χ0v) is 21.5. The molecule has 194 valence electrons. The van der Waals surface area contributed by atoms with Crippen LogP contribution >= 0.6 is 11.8 Å². The fourth-order valence-corrected chi connectivity index (χ4v) is 5.53. The number of anilines is 1. The number of thioether (sulfide) groups is 1. The summed E-state index contributed by atoms with van der Waals surface area (Å²) in [5, 5.41) is 10.7. The van der Waals surface area contributed by atoms with Crippen LogP contribution in [-0.2, 0) is 6.54 Å². The van der Waals surface area contributed by atoms with Gasteiger partial charge in [0.15, 0.2) is 5.75 Å². The van der Waals surface area contributed by atoms with E-state index in [9.17, 15) is 9.59 Å². The van der Waals surface area contributed by atoms with Gasteiger partial charge in [-0.1, -0.05) is 30.3 Å². The van der Waals surface area contributed by atoms with E-state index in [0.717, 1.165) is 37.6 Å². The first-order chi connectivity index (χ1) is 18.1. The van der Waals surface area contributed by atoms with Crippen LogP contribution in [0.3, 0.4) is 0 Å². The molecule has 3 aromatic rings. The van der Waals surface area contributed by atoms with Crippen molar-refractivity contribution >= 4 is 29.6 Å². The molecule has 37 heavy (non-hydrogen) atoms. The van der Waals surface area contributed by atoms with Crippen molar-refractivity contribution in [2.45, 2.75) is 49.1 Å². The summed E-state index contributed by atoms with van der Waals surface area (Å²) < 4.78 is 5.49. The van der Waals surface area contributed by atoms with Crippen molar-refractivity contribution in [3.8, 4) is 5.75 Å². The predicted octanol–water partition coefficient (Wildman–Crippen LogP) is 4.19. The van der Waals surface area contributed by atoms with Gasteiger partial charge in [0.05, 0.1) is 6.20 Å². The minimum Gasteiger partial charge on any atom is -0.409 e. The van der Waals surface area contributed by atoms with Crippen molar-refractivity contribution in [3.63, 3.8) is 0 Å². The molecule has 0 saturated carbocycles. The van der Waals surface area contributed by atoms with Crippen molar-refractivity contribution in [1.29, 1.82) is 0 Å². The molecular weight excluding hydrogens is 490 g/mol. The van der Waals surface area contributed by atoms with E-state index in [1.54, 1.807) is 35.1 Å². The standard InChI is InChI=1S/C26H31N7O3S/c34-24(20-6-4-19(5-7-20)17-32-12-2-1-3-13-32)30-23-9-8-21(16-27-23)36-26(35)33-14-10-22(11-15-33)37-25-28-18-29-31-25/h4-9,16,18,22H,1-3,10-15,17H2,(H,27,30,34)(H,28,29,31). The Kier molecular flexibility index (Phi) is 8.32. The predicted molar refractivity (Wildman–Crippen MR) is 141 cm³/mol. The van der Waals surface area contributed by atoms with Gasteiger partial charge in [0.1, 0.15) is 12.1 Å². The second-order valence-corrected chi connectivity index (χ2v) is 10.6. The minimum absolute atomic E-state index is 0.229. The van der Waals surface area contributed by atoms with Crippen LogP contribution in [0.25, 0.3) is 0 Å². The van der Waals surface area contributed by atoms with E-state index in [1.165, 1.54) is 31.0 Å². The monoisotopic (exact) mass is 521 g/mol. The number of piperidine rings is 2. The maximum atomic E-state index is 12.6. The van der Waals surface area contributed by atoms with Crippen molar-refractivity contribution in [2.24, 2.45) is 0 Å². The Morgan fingerprint density at radius 2 is 1.78 bits per heavy atom. The Labute approximate surface area is 220 Å². The summed E-state index contributed by atoms with van der Waals surface area (Å²) in [6.45, 7) is 4.42. The van der Waals surface area contributed by atoms with Crippen molar-refractivity contribution < 1.29 is 14.3 Å². The highest BCUT2D eigenvalue weighted by Crippen LogP contribution is 2.28. The number of benzene rings is 1. The highest BCUT2D eigenvalue weighted by Gasteiger charge is 2.25. The maximum absolute atomic E-state index is 12.6. The van der Waals surface area contributed by atoms with E-state index in [-0.39, 0.29) is 5.91 Å². The highest BCUT2D eigenvalue weighted by molar-refractivity contribution is 7.99. The molecule has 0 spiro atoms. The lowest BCUT2D eigenvalue weighted by molar-refractivity contribution is 0.102. The number of H-pyrrole nitrogens is 1. The molecule has 2 amide bonds. The summed E-state index contributed by atoms with van der Waals surface area (Å²) in [6.07, 6.45) is 8.13. The molecule has 11 heteroatoms. The van der Waals surface area contributed by atoms with Gasteiger partial charge in [-0.2, -0.15) is 0 Å². The number of ether oxygens (including phenoxy) is 1. The molecule has 2 fully saturated rings. The van der Waals surface area contributed by atoms with E-state index in [0.29, 0.717) is 35.5 Å². The summed E-state index contributed by atoms with van der Waals surface area (Å²) in [6, 6.07) is 11.0. The average molecular weight is 522 g/mol. The topological polar surface area (TPSA) is 116 Å². The van der Waals surface area contributed by atoms with Crippen LogP contribution < -0.4 is 10.1 Å². The Hall–Kier alpha value is -3.44. The third-order valence-electron chi connectivity index (χ3n) is 6.62. The molecule has 1 aromatic carbocycles. The number of carbonyl (C=O) groups is 2. The summed E-state index contributed by atoms with van der Waals surface area (Å²) in [5.41, 5.74) is 1.78. The van der Waals surface area contributed by atoms with Crippen molar-refractivity contribution in [3.05, 3.63) is 60.0 Å². The van der Waals surface area contributed by atoms with Crippen LogP contribution in [0.2, 0.25) is 0 Å². The highest BCUT2D eigenvalue weighted by atomic mass is 32.2. The fourth-order valence-electron chi connectivity index (χ4n) is 4.56. The van der Waals surface area contributed by atoms with Crippen LogP contribution in [-0.4, -0.2) is 73.4 Å². The number of nitrogens with one attached hydrogen (secondary N) is 2. The zero-order valence-electron chi connectivity index (χ0n) is 20.6. The lowest BCUT2D eigenvalue weighted by Crippen LogP contribution is -2.40. The summed E-state index contributed by atoms with van der Waals surface area (Å²) in [5.74, 6) is 0.502. The van der Waals surface area contributed by atoms with Gasteiger partial charge >= 0.3 is 6.09 Å². The van der Waals surface area contributed by atoms with E-state index >= 15 is 0 Å². The summed E-state index contributed by atoms with van der Waals surface area (Å²) >= 11 is 1.62. The van der Waals surface area contributed by atoms with Crippen molar-refractivity contribution in [1.82, 2.24) is 30.0 Å². The Balaban J connectivity index is 1.07. The number of likely N-dealkylation sites (tertiary alicyclic amines) is 2. The van der Waals surface area contributed by atoms with Gasteiger partial charge in [0, 0.05) is 30.4 Å². The molecule has 2 aromatic heterocycles. The number of aromatic nitrogens is 4. The Bertz CT molecular complexity index is 1160. The number of hydrogen-bond acceptors (Lipinski definition) is 8. The second kappa shape index (κ2) is 12.2. The molecular formula is C26H31N7O3S. The fraction of sp³-hybridized carbons (Fsp3) is 0.423. The molecule has 2 saturated heterocycles. The third kappa shape index (κ3) is 7.07. The van der Waals surface area contributed by atoms with Crippen LogP contribution in [0.5, 0.6) is 5.75 Å². The molecule has 2 aliphatic rings. The van der Waals surface area contributed by atoms with E-state index in [1.807, 2.05) is 24.3 Å². The van der Waals surface area contributed by atoms with E-state index in [4.69, 9.17) is 4.74 Å². The first-order valence-corrected chi connectivity index (χ1v) is 13.6. The Morgan fingerprint density at radius 1 is 1.00 bits per heavy atom. The molecule has 0 atom stereocenters. The largest absolute Gasteiger partial charge is 0.415 e. The average Bonchev–Trinajstić information content (AvgIpc) is 3.44. The Morgan fingerprint density at radius 3 is 2.46 bits per heavy atom. The number of aromatic amines is 1. The number of rotatable bonds is 7. The molecule has 2 N–H and O–H groups in total. The van der Waals surface area contributed by atoms with Gasteiger partial charge in [-0.25, -0.2) is 14.8 Å². The maximum Gasteiger partial charge on any atom is 0.415 e. The number of hydrogen-bond donors (Lipinski definition) is 2. The van der Waals surface area contributed by atoms with Gasteiger partial charge in [-0.15, -0.1) is 5.10 Å². The number of nitrogens with zero attached hydrogens (tertiary/aromatic N) is 5. The molecule has 10 nitrogen and oxygen atoms in total. The number of pyridine rings is 1. The first-order valence-electron chi connectivity index (χ1n) is 12.7. The normalized spacial score (nSPS) is 16.9. The zero-order chi connectivity index (χ0) is 25.5. The van der Waals surface area contributed by atoms with Gasteiger partial charge in [-0.05, 0) is 68.6 Å². The lowest BCUT2D eigenvalue weighted by Gasteiger charge is -2.30.